The van der Waals surface area contributed by atoms with E-state index in [9.17, 15) is 9.90 Å². The van der Waals surface area contributed by atoms with Gasteiger partial charge in [-0.3, -0.25) is 4.79 Å². The van der Waals surface area contributed by atoms with Crippen LogP contribution >= 0.6 is 0 Å². The fourth-order valence-corrected chi connectivity index (χ4v) is 2.90. The number of carbonyl (C=O) groups is 1. The van der Waals surface area contributed by atoms with E-state index in [0.717, 1.165) is 35.1 Å². The maximum absolute atomic E-state index is 11.9. The Morgan fingerprint density at radius 3 is 2.86 bits per heavy atom. The number of aliphatic hydroxyl groups is 1. The van der Waals surface area contributed by atoms with Gasteiger partial charge in [-0.05, 0) is 41.2 Å². The first kappa shape index (κ1) is 13.8. The number of carbonyl (C=O) groups excluding carboxylic acids is 1. The first-order valence-electron chi connectivity index (χ1n) is 7.37. The van der Waals surface area contributed by atoms with Crippen molar-refractivity contribution in [3.8, 4) is 0 Å². The Hall–Kier alpha value is -2.13. The quantitative estimate of drug-likeness (QED) is 0.908. The zero-order valence-corrected chi connectivity index (χ0v) is 12.1. The van der Waals surface area contributed by atoms with Gasteiger partial charge in [-0.25, -0.2) is 0 Å². The van der Waals surface area contributed by atoms with Crippen LogP contribution in [0.4, 0.5) is 0 Å². The van der Waals surface area contributed by atoms with Crippen LogP contribution in [0.25, 0.3) is 0 Å². The summed E-state index contributed by atoms with van der Waals surface area (Å²) in [6.45, 7) is 2.76. The molecule has 0 fully saturated rings. The molecule has 2 N–H and O–H groups in total. The number of hydrogen-bond donors (Lipinski definition) is 2. The number of fused-ring (bicyclic) bond motifs is 1. The Balaban J connectivity index is 2.00. The van der Waals surface area contributed by atoms with Crippen LogP contribution in [0.1, 0.15) is 45.6 Å². The monoisotopic (exact) mass is 281 g/mol. The molecule has 0 saturated carbocycles. The van der Waals surface area contributed by atoms with Crippen LogP contribution in [0.3, 0.4) is 0 Å². The van der Waals surface area contributed by atoms with Crippen molar-refractivity contribution in [1.82, 2.24) is 5.32 Å². The smallest absolute Gasteiger partial charge is 0.251 e. The highest BCUT2D eigenvalue weighted by Crippen LogP contribution is 2.27. The summed E-state index contributed by atoms with van der Waals surface area (Å²) in [6.07, 6.45) is 1.03. The van der Waals surface area contributed by atoms with Gasteiger partial charge in [0, 0.05) is 12.1 Å². The third-order valence-electron chi connectivity index (χ3n) is 4.10. The topological polar surface area (TPSA) is 49.3 Å². The van der Waals surface area contributed by atoms with E-state index in [1.165, 1.54) is 0 Å². The lowest BCUT2D eigenvalue weighted by atomic mass is 9.91. The molecule has 1 amide bonds. The minimum absolute atomic E-state index is 0.0472. The van der Waals surface area contributed by atoms with Crippen LogP contribution in [0.2, 0.25) is 0 Å². The molecule has 0 spiro atoms. The largest absolute Gasteiger partial charge is 0.384 e. The number of nitrogens with one attached hydrogen (secondary N) is 1. The van der Waals surface area contributed by atoms with Gasteiger partial charge in [0.15, 0.2) is 0 Å². The van der Waals surface area contributed by atoms with Crippen LogP contribution in [0.5, 0.6) is 0 Å². The summed E-state index contributed by atoms with van der Waals surface area (Å²) in [4.78, 5) is 11.9. The maximum atomic E-state index is 11.9. The van der Waals surface area contributed by atoms with Gasteiger partial charge in [0.1, 0.15) is 6.10 Å². The molecule has 2 aromatic rings. The van der Waals surface area contributed by atoms with Gasteiger partial charge in [0.25, 0.3) is 5.91 Å². The molecule has 1 aliphatic heterocycles. The molecule has 3 rings (SSSR count). The molecule has 1 heterocycles. The molecule has 0 aliphatic carbocycles. The predicted octanol–water partition coefficient (Wildman–Crippen LogP) is 2.62. The maximum Gasteiger partial charge on any atom is 0.251 e. The highest BCUT2D eigenvalue weighted by Gasteiger charge is 2.20. The van der Waals surface area contributed by atoms with Crippen molar-refractivity contribution < 1.29 is 9.90 Å². The number of rotatable bonds is 3. The molecule has 1 atom stereocenters. The van der Waals surface area contributed by atoms with E-state index in [0.29, 0.717) is 12.1 Å². The Labute approximate surface area is 124 Å². The second kappa shape index (κ2) is 5.70. The van der Waals surface area contributed by atoms with Crippen molar-refractivity contribution in [3.05, 3.63) is 70.3 Å². The third kappa shape index (κ3) is 2.57. The number of hydrogen-bond acceptors (Lipinski definition) is 2. The zero-order chi connectivity index (χ0) is 14.8. The van der Waals surface area contributed by atoms with Gasteiger partial charge in [0.2, 0.25) is 0 Å². The molecule has 0 saturated heterocycles. The molecular formula is C18H19NO2. The fraction of sp³-hybridized carbons (Fsp3) is 0.278. The van der Waals surface area contributed by atoms with Crippen molar-refractivity contribution in [3.63, 3.8) is 0 Å². The molecular weight excluding hydrogens is 262 g/mol. The first-order chi connectivity index (χ1) is 10.2. The molecule has 0 bridgehead atoms. The molecule has 108 valence electrons. The van der Waals surface area contributed by atoms with Crippen molar-refractivity contribution in [2.75, 3.05) is 6.54 Å². The summed E-state index contributed by atoms with van der Waals surface area (Å²) in [7, 11) is 0. The van der Waals surface area contributed by atoms with E-state index in [2.05, 4.69) is 12.2 Å². The van der Waals surface area contributed by atoms with Crippen LogP contribution in [0.15, 0.2) is 42.5 Å². The highest BCUT2D eigenvalue weighted by molar-refractivity contribution is 5.96. The third-order valence-corrected chi connectivity index (χ3v) is 4.10. The summed E-state index contributed by atoms with van der Waals surface area (Å²) in [5.74, 6) is -0.0472. The lowest BCUT2D eigenvalue weighted by Crippen LogP contribution is -2.31. The van der Waals surface area contributed by atoms with Gasteiger partial charge in [-0.2, -0.15) is 0 Å². The highest BCUT2D eigenvalue weighted by atomic mass is 16.3. The van der Waals surface area contributed by atoms with Crippen LogP contribution in [-0.4, -0.2) is 17.6 Å². The van der Waals surface area contributed by atoms with Gasteiger partial charge in [0.05, 0.1) is 0 Å². The van der Waals surface area contributed by atoms with E-state index in [1.54, 1.807) is 0 Å². The summed E-state index contributed by atoms with van der Waals surface area (Å²) < 4.78 is 0. The number of amides is 1. The summed E-state index contributed by atoms with van der Waals surface area (Å²) in [6, 6.07) is 13.6. The summed E-state index contributed by atoms with van der Waals surface area (Å²) in [5.41, 5.74) is 4.56. The van der Waals surface area contributed by atoms with Crippen molar-refractivity contribution in [2.45, 2.75) is 25.9 Å². The average Bonchev–Trinajstić information content (AvgIpc) is 2.54. The van der Waals surface area contributed by atoms with E-state index in [-0.39, 0.29) is 5.91 Å². The van der Waals surface area contributed by atoms with Crippen molar-refractivity contribution >= 4 is 5.91 Å². The second-order valence-electron chi connectivity index (χ2n) is 5.38. The molecule has 2 aromatic carbocycles. The summed E-state index contributed by atoms with van der Waals surface area (Å²) >= 11 is 0. The van der Waals surface area contributed by atoms with Crippen LogP contribution < -0.4 is 5.32 Å². The predicted molar refractivity (Wildman–Crippen MR) is 82.4 cm³/mol. The van der Waals surface area contributed by atoms with E-state index < -0.39 is 6.10 Å². The van der Waals surface area contributed by atoms with Gasteiger partial charge in [-0.15, -0.1) is 0 Å². The molecule has 1 unspecified atom stereocenters. The molecule has 3 heteroatoms. The van der Waals surface area contributed by atoms with Crippen LogP contribution in [0, 0.1) is 0 Å². The fourth-order valence-electron chi connectivity index (χ4n) is 2.90. The Kier molecular flexibility index (Phi) is 3.76. The normalized spacial score (nSPS) is 15.2. The molecule has 21 heavy (non-hydrogen) atoms. The van der Waals surface area contributed by atoms with Crippen LogP contribution in [-0.2, 0) is 12.8 Å². The van der Waals surface area contributed by atoms with Crippen molar-refractivity contribution in [1.29, 1.82) is 0 Å². The van der Waals surface area contributed by atoms with Gasteiger partial charge < -0.3 is 10.4 Å². The Morgan fingerprint density at radius 2 is 2.05 bits per heavy atom. The lowest BCUT2D eigenvalue weighted by molar-refractivity contribution is 0.0945. The van der Waals surface area contributed by atoms with Crippen molar-refractivity contribution in [2.24, 2.45) is 0 Å². The van der Waals surface area contributed by atoms with Gasteiger partial charge >= 0.3 is 0 Å². The van der Waals surface area contributed by atoms with E-state index >= 15 is 0 Å². The van der Waals surface area contributed by atoms with Gasteiger partial charge in [-0.1, -0.05) is 43.3 Å². The standard InChI is InChI=1S/C18H19NO2/c1-2-12-5-3-4-6-15(12)17(20)14-8-7-13-9-10-19-18(21)16(13)11-14/h3-8,11,17,20H,2,9-10H2,1H3,(H,19,21). The number of benzene rings is 2. The summed E-state index contributed by atoms with van der Waals surface area (Å²) in [5, 5.41) is 13.5. The molecule has 3 nitrogen and oxygen atoms in total. The minimum Gasteiger partial charge on any atom is -0.384 e. The first-order valence-corrected chi connectivity index (χ1v) is 7.37. The molecule has 0 radical (unpaired) electrons. The Morgan fingerprint density at radius 1 is 1.24 bits per heavy atom. The van der Waals surface area contributed by atoms with E-state index in [4.69, 9.17) is 0 Å². The number of aliphatic hydroxyl groups excluding tert-OH is 1. The second-order valence-corrected chi connectivity index (χ2v) is 5.38. The molecule has 1 aliphatic rings. The minimum atomic E-state index is -0.693. The van der Waals surface area contributed by atoms with E-state index in [1.807, 2.05) is 42.5 Å². The average molecular weight is 281 g/mol. The zero-order valence-electron chi connectivity index (χ0n) is 12.1. The molecule has 0 aromatic heterocycles. The lowest BCUT2D eigenvalue weighted by Gasteiger charge is -2.20. The SMILES string of the molecule is CCc1ccccc1C(O)c1ccc2c(c1)C(=O)NCC2. The Bertz CT molecular complexity index is 679. The number of aryl methyl sites for hydroxylation is 1.